The number of para-hydroxylation sites is 2. The molecule has 0 bridgehead atoms. The maximum Gasteiger partial charge on any atom is 0.243 e. The van der Waals surface area contributed by atoms with Gasteiger partial charge in [0.05, 0.1) is 23.1 Å². The van der Waals surface area contributed by atoms with Crippen molar-refractivity contribution in [2.75, 3.05) is 37.6 Å². The van der Waals surface area contributed by atoms with Gasteiger partial charge in [0, 0.05) is 32.7 Å². The first-order chi connectivity index (χ1) is 19.2. The first kappa shape index (κ1) is 26.3. The number of fused-ring (bicyclic) bond motifs is 1. The molecule has 3 aromatic carbocycles. The third-order valence-corrected chi connectivity index (χ3v) is 7.28. The summed E-state index contributed by atoms with van der Waals surface area (Å²) in [5, 5.41) is 13.0. The maximum absolute atomic E-state index is 13.0. The molecule has 0 spiro atoms. The van der Waals surface area contributed by atoms with Gasteiger partial charge in [0.15, 0.2) is 11.7 Å². The molecule has 0 aliphatic carbocycles. The molecule has 1 fully saturated rings. The van der Waals surface area contributed by atoms with Gasteiger partial charge < -0.3 is 10.2 Å². The molecule has 1 aromatic heterocycles. The fraction of sp³-hybridized carbons (Fsp3) is 0.312. The minimum Gasteiger partial charge on any atom is -0.355 e. The minimum absolute atomic E-state index is 0.146. The number of piperazine rings is 1. The Morgan fingerprint density at radius 3 is 2.00 bits per heavy atom. The van der Waals surface area contributed by atoms with E-state index in [1.54, 1.807) is 0 Å². The van der Waals surface area contributed by atoms with E-state index in [1.807, 2.05) is 36.4 Å². The highest BCUT2D eigenvalue weighted by atomic mass is 16.1. The molecule has 198 valence electrons. The number of hydrogen-bond acceptors (Lipinski definition) is 6. The fourth-order valence-corrected chi connectivity index (χ4v) is 5.24. The molecule has 1 aliphatic rings. The van der Waals surface area contributed by atoms with Crippen LogP contribution in [0, 0.1) is 11.3 Å². The molecule has 39 heavy (non-hydrogen) atoms. The Morgan fingerprint density at radius 2 is 1.44 bits per heavy atom. The molecular formula is C32H34N6O. The molecule has 7 nitrogen and oxygen atoms in total. The molecule has 0 radical (unpaired) electrons. The molecule has 1 atom stereocenters. The monoisotopic (exact) mass is 518 g/mol. The second-order valence-electron chi connectivity index (χ2n) is 9.87. The van der Waals surface area contributed by atoms with E-state index in [2.05, 4.69) is 76.6 Å². The summed E-state index contributed by atoms with van der Waals surface area (Å²) >= 11 is 0. The summed E-state index contributed by atoms with van der Waals surface area (Å²) in [6.07, 6.45) is 1.84. The van der Waals surface area contributed by atoms with E-state index in [1.165, 1.54) is 11.1 Å². The maximum atomic E-state index is 13.0. The predicted molar refractivity (Wildman–Crippen MR) is 154 cm³/mol. The van der Waals surface area contributed by atoms with E-state index in [0.29, 0.717) is 36.7 Å². The Morgan fingerprint density at radius 1 is 0.872 bits per heavy atom. The number of nitrogens with one attached hydrogen (secondary N) is 1. The Bertz CT molecular complexity index is 1390. The number of nitriles is 1. The Kier molecular flexibility index (Phi) is 8.45. The molecule has 1 aliphatic heterocycles. The molecule has 2 heterocycles. The smallest absolute Gasteiger partial charge is 0.243 e. The van der Waals surface area contributed by atoms with E-state index in [9.17, 15) is 10.1 Å². The van der Waals surface area contributed by atoms with Crippen molar-refractivity contribution in [3.05, 3.63) is 102 Å². The second kappa shape index (κ2) is 12.5. The summed E-state index contributed by atoms with van der Waals surface area (Å²) in [4.78, 5) is 27.5. The van der Waals surface area contributed by atoms with Crippen LogP contribution in [-0.4, -0.2) is 53.5 Å². The van der Waals surface area contributed by atoms with Crippen molar-refractivity contribution in [3.8, 4) is 6.07 Å². The lowest BCUT2D eigenvalue weighted by atomic mass is 9.96. The van der Waals surface area contributed by atoms with Crippen LogP contribution in [0.3, 0.4) is 0 Å². The van der Waals surface area contributed by atoms with E-state index in [-0.39, 0.29) is 11.9 Å². The lowest BCUT2D eigenvalue weighted by molar-refractivity contribution is -0.121. The van der Waals surface area contributed by atoms with E-state index < -0.39 is 5.92 Å². The molecule has 5 rings (SSSR count). The van der Waals surface area contributed by atoms with Crippen molar-refractivity contribution >= 4 is 22.8 Å². The van der Waals surface area contributed by atoms with Gasteiger partial charge in [-0.3, -0.25) is 9.69 Å². The third kappa shape index (κ3) is 5.92. The van der Waals surface area contributed by atoms with Crippen LogP contribution in [-0.2, 0) is 4.79 Å². The number of benzene rings is 3. The topological polar surface area (TPSA) is 85.1 Å². The number of carbonyl (C=O) groups is 1. The van der Waals surface area contributed by atoms with Crippen LogP contribution in [0.15, 0.2) is 84.9 Å². The van der Waals surface area contributed by atoms with Crippen molar-refractivity contribution in [1.82, 2.24) is 20.2 Å². The quantitative estimate of drug-likeness (QED) is 0.312. The van der Waals surface area contributed by atoms with Crippen molar-refractivity contribution in [2.24, 2.45) is 0 Å². The van der Waals surface area contributed by atoms with Crippen LogP contribution in [0.25, 0.3) is 11.0 Å². The molecule has 1 saturated heterocycles. The first-order valence-corrected chi connectivity index (χ1v) is 13.7. The van der Waals surface area contributed by atoms with Gasteiger partial charge in [-0.15, -0.1) is 0 Å². The van der Waals surface area contributed by atoms with Gasteiger partial charge in [-0.25, -0.2) is 9.97 Å². The van der Waals surface area contributed by atoms with E-state index in [4.69, 9.17) is 9.97 Å². The number of anilines is 1. The number of aromatic nitrogens is 2. The summed E-state index contributed by atoms with van der Waals surface area (Å²) in [5.41, 5.74) is 4.40. The largest absolute Gasteiger partial charge is 0.355 e. The lowest BCUT2D eigenvalue weighted by Crippen LogP contribution is -2.48. The average molecular weight is 519 g/mol. The Balaban J connectivity index is 1.43. The summed E-state index contributed by atoms with van der Waals surface area (Å²) < 4.78 is 0. The van der Waals surface area contributed by atoms with Crippen LogP contribution >= 0.6 is 0 Å². The normalized spacial score (nSPS) is 14.7. The molecule has 1 N–H and O–H groups in total. The number of carbonyl (C=O) groups excluding carboxylic acids is 1. The number of hydrogen-bond donors (Lipinski definition) is 1. The van der Waals surface area contributed by atoms with Crippen LogP contribution < -0.4 is 10.2 Å². The zero-order valence-electron chi connectivity index (χ0n) is 22.3. The molecule has 1 unspecified atom stereocenters. The number of rotatable bonds is 9. The highest BCUT2D eigenvalue weighted by molar-refractivity contribution is 5.88. The van der Waals surface area contributed by atoms with Gasteiger partial charge in [-0.05, 0) is 29.7 Å². The molecule has 0 saturated carbocycles. The highest BCUT2D eigenvalue weighted by Crippen LogP contribution is 2.32. The van der Waals surface area contributed by atoms with E-state index in [0.717, 1.165) is 31.4 Å². The van der Waals surface area contributed by atoms with Crippen molar-refractivity contribution < 1.29 is 4.79 Å². The second-order valence-corrected chi connectivity index (χ2v) is 9.87. The molecular weight excluding hydrogens is 484 g/mol. The summed E-state index contributed by atoms with van der Waals surface area (Å²) in [5.74, 6) is -0.710. The zero-order valence-corrected chi connectivity index (χ0v) is 22.3. The van der Waals surface area contributed by atoms with Gasteiger partial charge in [-0.1, -0.05) is 86.1 Å². The number of nitrogens with zero attached hydrogens (tertiary/aromatic N) is 5. The van der Waals surface area contributed by atoms with Crippen LogP contribution in [0.2, 0.25) is 0 Å². The standard InChI is InChI=1S/C32H34N6O/c1-2-3-18-34-32(39)26(23-33)29-31(36-28-17-11-10-16-27(28)35-29)38-21-19-37(20-22-38)30(24-12-6-4-7-13-24)25-14-8-5-9-15-25/h4-17,26,30H,2-3,18-22H2,1H3,(H,34,39). The minimum atomic E-state index is -1.02. The average Bonchev–Trinajstić information content (AvgIpc) is 2.99. The zero-order chi connectivity index (χ0) is 27.0. The number of unbranched alkanes of at least 4 members (excludes halogenated alkanes) is 1. The molecule has 1 amide bonds. The van der Waals surface area contributed by atoms with Crippen molar-refractivity contribution in [1.29, 1.82) is 5.26 Å². The molecule has 4 aromatic rings. The summed E-state index contributed by atoms with van der Waals surface area (Å²) in [6, 6.07) is 31.2. The van der Waals surface area contributed by atoms with Crippen molar-refractivity contribution in [2.45, 2.75) is 31.7 Å². The van der Waals surface area contributed by atoms with Gasteiger partial charge >= 0.3 is 0 Å². The van der Waals surface area contributed by atoms with Crippen LogP contribution in [0.5, 0.6) is 0 Å². The fourth-order valence-electron chi connectivity index (χ4n) is 5.24. The third-order valence-electron chi connectivity index (χ3n) is 7.28. The van der Waals surface area contributed by atoms with Gasteiger partial charge in [0.1, 0.15) is 5.69 Å². The summed E-state index contributed by atoms with van der Waals surface area (Å²) in [6.45, 7) is 5.66. The van der Waals surface area contributed by atoms with E-state index >= 15 is 0 Å². The Labute approximate surface area is 230 Å². The lowest BCUT2D eigenvalue weighted by Gasteiger charge is -2.40. The van der Waals surface area contributed by atoms with Gasteiger partial charge in [-0.2, -0.15) is 5.26 Å². The first-order valence-electron chi connectivity index (χ1n) is 13.7. The van der Waals surface area contributed by atoms with Gasteiger partial charge in [0.25, 0.3) is 0 Å². The summed E-state index contributed by atoms with van der Waals surface area (Å²) in [7, 11) is 0. The van der Waals surface area contributed by atoms with Crippen LogP contribution in [0.4, 0.5) is 5.82 Å². The van der Waals surface area contributed by atoms with Crippen LogP contribution in [0.1, 0.15) is 48.5 Å². The number of amides is 1. The Hall–Kier alpha value is -4.28. The van der Waals surface area contributed by atoms with Crippen molar-refractivity contribution in [3.63, 3.8) is 0 Å². The highest BCUT2D eigenvalue weighted by Gasteiger charge is 2.32. The molecule has 7 heteroatoms. The van der Waals surface area contributed by atoms with Gasteiger partial charge in [0.2, 0.25) is 5.91 Å². The SMILES string of the molecule is CCCCNC(=O)C(C#N)c1nc2ccccc2nc1N1CCN(C(c2ccccc2)c2ccccc2)CC1. The predicted octanol–water partition coefficient (Wildman–Crippen LogP) is 5.06.